The summed E-state index contributed by atoms with van der Waals surface area (Å²) < 4.78 is 12.2. The van der Waals surface area contributed by atoms with Gasteiger partial charge in [-0.2, -0.15) is 0 Å². The van der Waals surface area contributed by atoms with Crippen molar-refractivity contribution in [3.63, 3.8) is 0 Å². The summed E-state index contributed by atoms with van der Waals surface area (Å²) in [6.45, 7) is 7.31. The molecule has 5 nitrogen and oxygen atoms in total. The van der Waals surface area contributed by atoms with Crippen LogP contribution in [0.2, 0.25) is 0 Å². The van der Waals surface area contributed by atoms with Crippen LogP contribution in [0.3, 0.4) is 0 Å². The highest BCUT2D eigenvalue weighted by Gasteiger charge is 2.35. The maximum Gasteiger partial charge on any atom is 0.410 e. The number of rotatable bonds is 8. The van der Waals surface area contributed by atoms with Gasteiger partial charge in [0.1, 0.15) is 5.60 Å². The van der Waals surface area contributed by atoms with Gasteiger partial charge in [-0.05, 0) is 86.1 Å². The van der Waals surface area contributed by atoms with Crippen molar-refractivity contribution in [3.8, 4) is 0 Å². The lowest BCUT2D eigenvalue weighted by molar-refractivity contribution is -0.0360. The van der Waals surface area contributed by atoms with Crippen LogP contribution in [0.25, 0.3) is 10.8 Å². The first-order chi connectivity index (χ1) is 19.3. The van der Waals surface area contributed by atoms with Gasteiger partial charge in [-0.15, -0.1) is 0 Å². The molecule has 5 heteroatoms. The van der Waals surface area contributed by atoms with Crippen LogP contribution in [0.5, 0.6) is 0 Å². The van der Waals surface area contributed by atoms with Gasteiger partial charge in [-0.1, -0.05) is 72.8 Å². The van der Waals surface area contributed by atoms with E-state index in [1.807, 2.05) is 27.0 Å². The molecule has 0 aliphatic carbocycles. The van der Waals surface area contributed by atoms with Gasteiger partial charge in [0.25, 0.3) is 0 Å². The lowest BCUT2D eigenvalue weighted by atomic mass is 9.87. The van der Waals surface area contributed by atoms with E-state index in [0.717, 1.165) is 36.9 Å². The van der Waals surface area contributed by atoms with Crippen LogP contribution >= 0.6 is 0 Å². The second-order valence-corrected chi connectivity index (χ2v) is 11.8. The molecular formula is C35H40N2O3. The van der Waals surface area contributed by atoms with Gasteiger partial charge >= 0.3 is 6.09 Å². The second kappa shape index (κ2) is 12.6. The predicted molar refractivity (Wildman–Crippen MR) is 160 cm³/mol. The Morgan fingerprint density at radius 3 is 2.42 bits per heavy atom. The molecule has 2 heterocycles. The molecule has 1 saturated heterocycles. The summed E-state index contributed by atoms with van der Waals surface area (Å²) in [4.78, 5) is 19.5. The van der Waals surface area contributed by atoms with E-state index in [0.29, 0.717) is 19.7 Å². The van der Waals surface area contributed by atoms with Crippen LogP contribution < -0.4 is 0 Å². The van der Waals surface area contributed by atoms with Crippen LogP contribution in [0.15, 0.2) is 91.1 Å². The molecule has 1 fully saturated rings. The van der Waals surface area contributed by atoms with Gasteiger partial charge in [-0.3, -0.25) is 4.98 Å². The highest BCUT2D eigenvalue weighted by molar-refractivity contribution is 5.82. The van der Waals surface area contributed by atoms with Crippen molar-refractivity contribution in [1.82, 2.24) is 9.88 Å². The molecule has 4 aromatic rings. The zero-order chi connectivity index (χ0) is 28.0. The van der Waals surface area contributed by atoms with Crippen LogP contribution in [-0.2, 0) is 28.9 Å². The first kappa shape index (κ1) is 27.9. The highest BCUT2D eigenvalue weighted by Crippen LogP contribution is 2.32. The number of aromatic nitrogens is 1. The van der Waals surface area contributed by atoms with E-state index in [9.17, 15) is 4.79 Å². The number of aryl methyl sites for hydroxylation is 2. The molecule has 1 aromatic heterocycles. The van der Waals surface area contributed by atoms with Crippen molar-refractivity contribution in [2.24, 2.45) is 0 Å². The van der Waals surface area contributed by atoms with Crippen LogP contribution in [0.4, 0.5) is 4.79 Å². The quantitative estimate of drug-likeness (QED) is 0.231. The third-order valence-electron chi connectivity index (χ3n) is 7.51. The van der Waals surface area contributed by atoms with E-state index in [2.05, 4.69) is 84.9 Å². The molecule has 2 atom stereocenters. The van der Waals surface area contributed by atoms with Crippen molar-refractivity contribution in [3.05, 3.63) is 114 Å². The average molecular weight is 537 g/mol. The lowest BCUT2D eigenvalue weighted by Crippen LogP contribution is -2.48. The summed E-state index contributed by atoms with van der Waals surface area (Å²) in [5, 5.41) is 2.42. The van der Waals surface area contributed by atoms with Crippen molar-refractivity contribution in [2.75, 3.05) is 13.1 Å². The molecule has 0 N–H and O–H groups in total. The van der Waals surface area contributed by atoms with Crippen molar-refractivity contribution in [2.45, 2.75) is 70.7 Å². The highest BCUT2D eigenvalue weighted by atomic mass is 16.6. The number of likely N-dealkylation sites (tertiary alicyclic amines) is 1. The van der Waals surface area contributed by atoms with E-state index < -0.39 is 5.60 Å². The fourth-order valence-corrected chi connectivity index (χ4v) is 5.41. The summed E-state index contributed by atoms with van der Waals surface area (Å²) in [7, 11) is 0. The molecule has 0 saturated carbocycles. The first-order valence-electron chi connectivity index (χ1n) is 14.4. The van der Waals surface area contributed by atoms with Crippen molar-refractivity contribution < 1.29 is 14.3 Å². The Labute approximate surface area is 238 Å². The number of nitrogens with zero attached hydrogens (tertiary/aromatic N) is 2. The number of ether oxygens (including phenoxy) is 2. The van der Waals surface area contributed by atoms with E-state index in [4.69, 9.17) is 14.5 Å². The third kappa shape index (κ3) is 7.48. The zero-order valence-electron chi connectivity index (χ0n) is 23.9. The number of hydrogen-bond acceptors (Lipinski definition) is 4. The normalized spacial score (nSPS) is 17.6. The SMILES string of the molecule is CC(C)(C)OC(=O)N1CCC(c2ccc(CCCc3ccccc3)nc2)C(OCc2ccc3ccccc3c2)C1. The summed E-state index contributed by atoms with van der Waals surface area (Å²) in [6.07, 6.45) is 5.46. The Balaban J connectivity index is 1.27. The number of fused-ring (bicyclic) bond motifs is 1. The lowest BCUT2D eigenvalue weighted by Gasteiger charge is -2.39. The molecule has 0 bridgehead atoms. The third-order valence-corrected chi connectivity index (χ3v) is 7.51. The maximum absolute atomic E-state index is 12.9. The Bertz CT molecular complexity index is 1400. The molecule has 208 valence electrons. The Kier molecular flexibility index (Phi) is 8.81. The minimum absolute atomic E-state index is 0.154. The van der Waals surface area contributed by atoms with Gasteiger partial charge in [0.15, 0.2) is 0 Å². The smallest absolute Gasteiger partial charge is 0.410 e. The van der Waals surface area contributed by atoms with Crippen LogP contribution in [0.1, 0.15) is 61.9 Å². The Morgan fingerprint density at radius 1 is 0.900 bits per heavy atom. The molecule has 0 radical (unpaired) electrons. The van der Waals surface area contributed by atoms with Gasteiger partial charge in [0.2, 0.25) is 0 Å². The Hall–Kier alpha value is -3.70. The van der Waals surface area contributed by atoms with Crippen LogP contribution in [-0.4, -0.2) is 40.8 Å². The Morgan fingerprint density at radius 2 is 1.68 bits per heavy atom. The van der Waals surface area contributed by atoms with E-state index in [1.54, 1.807) is 4.90 Å². The van der Waals surface area contributed by atoms with Gasteiger partial charge in [0.05, 0.1) is 19.3 Å². The summed E-state index contributed by atoms with van der Waals surface area (Å²) in [5.41, 5.74) is 4.23. The molecule has 1 aliphatic rings. The fraction of sp³-hybridized carbons (Fsp3) is 0.371. The van der Waals surface area contributed by atoms with E-state index in [1.165, 1.54) is 21.9 Å². The topological polar surface area (TPSA) is 51.7 Å². The number of carbonyl (C=O) groups excluding carboxylic acids is 1. The zero-order valence-corrected chi connectivity index (χ0v) is 23.9. The molecule has 5 rings (SSSR count). The number of pyridine rings is 1. The minimum Gasteiger partial charge on any atom is -0.444 e. The summed E-state index contributed by atoms with van der Waals surface area (Å²) in [6, 6.07) is 29.8. The van der Waals surface area contributed by atoms with Gasteiger partial charge < -0.3 is 14.4 Å². The number of amides is 1. The van der Waals surface area contributed by atoms with E-state index in [-0.39, 0.29) is 18.1 Å². The van der Waals surface area contributed by atoms with Crippen molar-refractivity contribution in [1.29, 1.82) is 0 Å². The monoisotopic (exact) mass is 536 g/mol. The number of hydrogen-bond donors (Lipinski definition) is 0. The summed E-state index contributed by atoms with van der Waals surface area (Å²) >= 11 is 0. The standard InChI is InChI=1S/C35H40N2O3/c1-35(2,3)40-34(38)37-21-20-32(30-18-19-31(36-23-30)15-9-12-26-10-5-4-6-11-26)33(24-37)39-25-27-16-17-28-13-7-8-14-29(28)22-27/h4-8,10-11,13-14,16-19,22-23,32-33H,9,12,15,20-21,24-25H2,1-3H3. The number of piperidine rings is 1. The minimum atomic E-state index is -0.532. The molecule has 0 spiro atoms. The van der Waals surface area contributed by atoms with Crippen molar-refractivity contribution >= 4 is 16.9 Å². The molecule has 40 heavy (non-hydrogen) atoms. The van der Waals surface area contributed by atoms with E-state index >= 15 is 0 Å². The number of benzene rings is 3. The summed E-state index contributed by atoms with van der Waals surface area (Å²) in [5.74, 6) is 0.157. The number of carbonyl (C=O) groups is 1. The predicted octanol–water partition coefficient (Wildman–Crippen LogP) is 7.72. The molecule has 3 aromatic carbocycles. The van der Waals surface area contributed by atoms with Crippen LogP contribution in [0, 0.1) is 0 Å². The maximum atomic E-state index is 12.9. The van der Waals surface area contributed by atoms with Gasteiger partial charge in [-0.25, -0.2) is 4.79 Å². The molecule has 2 unspecified atom stereocenters. The fourth-order valence-electron chi connectivity index (χ4n) is 5.41. The second-order valence-electron chi connectivity index (χ2n) is 11.8. The van der Waals surface area contributed by atoms with Gasteiger partial charge in [0, 0.05) is 24.4 Å². The average Bonchev–Trinajstić information content (AvgIpc) is 2.96. The largest absolute Gasteiger partial charge is 0.444 e. The molecule has 1 aliphatic heterocycles. The first-order valence-corrected chi connectivity index (χ1v) is 14.4. The molecular weight excluding hydrogens is 496 g/mol. The molecule has 1 amide bonds.